The molecule has 0 spiro atoms. The van der Waals surface area contributed by atoms with Crippen LogP contribution in [0, 0.1) is 5.92 Å². The lowest BCUT2D eigenvalue weighted by Gasteiger charge is -2.17. The Kier molecular flexibility index (Phi) is 5.93. The molecule has 1 saturated heterocycles. The van der Waals surface area contributed by atoms with E-state index in [-0.39, 0.29) is 37.1 Å². The zero-order valence-electron chi connectivity index (χ0n) is 15.8. The standard InChI is InChI=1S/C21H22N2O5/c1-27-17-7-3-14(4-8-17)19(24)12-22-21(26)15-11-20(25)23(13-15)16-5-9-18(28-2)10-6-16/h3-10,15H,11-13H2,1-2H3,(H,22,26). The molecule has 1 atom stereocenters. The topological polar surface area (TPSA) is 84.9 Å². The van der Waals surface area contributed by atoms with Gasteiger partial charge in [-0.05, 0) is 48.5 Å². The Balaban J connectivity index is 1.55. The molecule has 0 aromatic heterocycles. The number of ketones is 1. The van der Waals surface area contributed by atoms with Gasteiger partial charge in [-0.3, -0.25) is 14.4 Å². The lowest BCUT2D eigenvalue weighted by atomic mass is 10.1. The number of anilines is 1. The molecule has 1 heterocycles. The van der Waals surface area contributed by atoms with E-state index in [4.69, 9.17) is 9.47 Å². The molecule has 1 unspecified atom stereocenters. The van der Waals surface area contributed by atoms with Gasteiger partial charge in [-0.1, -0.05) is 0 Å². The van der Waals surface area contributed by atoms with Crippen molar-refractivity contribution < 1.29 is 23.9 Å². The number of benzene rings is 2. The molecule has 2 aromatic carbocycles. The van der Waals surface area contributed by atoms with Gasteiger partial charge in [0.15, 0.2) is 5.78 Å². The van der Waals surface area contributed by atoms with Gasteiger partial charge in [0.1, 0.15) is 11.5 Å². The number of rotatable bonds is 7. The maximum Gasteiger partial charge on any atom is 0.227 e. The number of ether oxygens (including phenoxy) is 2. The number of hydrogen-bond acceptors (Lipinski definition) is 5. The van der Waals surface area contributed by atoms with Crippen molar-refractivity contribution in [3.05, 3.63) is 54.1 Å². The van der Waals surface area contributed by atoms with Crippen LogP contribution in [0.15, 0.2) is 48.5 Å². The lowest BCUT2D eigenvalue weighted by Crippen LogP contribution is -2.36. The van der Waals surface area contributed by atoms with Crippen molar-refractivity contribution in [1.82, 2.24) is 5.32 Å². The zero-order valence-corrected chi connectivity index (χ0v) is 15.8. The van der Waals surface area contributed by atoms with E-state index >= 15 is 0 Å². The smallest absolute Gasteiger partial charge is 0.227 e. The van der Waals surface area contributed by atoms with Crippen molar-refractivity contribution in [3.63, 3.8) is 0 Å². The van der Waals surface area contributed by atoms with Gasteiger partial charge in [0, 0.05) is 24.2 Å². The third-order valence-corrected chi connectivity index (χ3v) is 4.72. The van der Waals surface area contributed by atoms with Gasteiger partial charge < -0.3 is 19.7 Å². The number of nitrogens with one attached hydrogen (secondary N) is 1. The molecule has 7 nitrogen and oxygen atoms in total. The highest BCUT2D eigenvalue weighted by molar-refractivity contribution is 6.02. The first kappa shape index (κ1) is 19.4. The highest BCUT2D eigenvalue weighted by Crippen LogP contribution is 2.26. The Hall–Kier alpha value is -3.35. The van der Waals surface area contributed by atoms with E-state index in [9.17, 15) is 14.4 Å². The quantitative estimate of drug-likeness (QED) is 0.741. The molecule has 3 rings (SSSR count). The average Bonchev–Trinajstić information content (AvgIpc) is 3.13. The second-order valence-electron chi connectivity index (χ2n) is 6.47. The van der Waals surface area contributed by atoms with Crippen molar-refractivity contribution in [2.45, 2.75) is 6.42 Å². The van der Waals surface area contributed by atoms with Gasteiger partial charge in [-0.25, -0.2) is 0 Å². The summed E-state index contributed by atoms with van der Waals surface area (Å²) in [5.41, 5.74) is 1.21. The molecule has 1 fully saturated rings. The number of amides is 2. The minimum Gasteiger partial charge on any atom is -0.497 e. The van der Waals surface area contributed by atoms with Crippen LogP contribution in [0.2, 0.25) is 0 Å². The Bertz CT molecular complexity index is 861. The van der Waals surface area contributed by atoms with E-state index in [0.29, 0.717) is 17.1 Å². The van der Waals surface area contributed by atoms with Crippen LogP contribution in [-0.4, -0.2) is 44.9 Å². The number of nitrogens with zero attached hydrogens (tertiary/aromatic N) is 1. The van der Waals surface area contributed by atoms with Gasteiger partial charge in [-0.2, -0.15) is 0 Å². The number of hydrogen-bond donors (Lipinski definition) is 1. The maximum absolute atomic E-state index is 12.4. The summed E-state index contributed by atoms with van der Waals surface area (Å²) in [6.07, 6.45) is 0.120. The maximum atomic E-state index is 12.4. The van der Waals surface area contributed by atoms with Crippen molar-refractivity contribution >= 4 is 23.3 Å². The Labute approximate surface area is 163 Å². The fourth-order valence-electron chi connectivity index (χ4n) is 3.09. The molecule has 1 aliphatic rings. The van der Waals surface area contributed by atoms with E-state index in [0.717, 1.165) is 5.69 Å². The van der Waals surface area contributed by atoms with Crippen molar-refractivity contribution in [3.8, 4) is 11.5 Å². The van der Waals surface area contributed by atoms with Crippen LogP contribution in [0.3, 0.4) is 0 Å². The van der Waals surface area contributed by atoms with Gasteiger partial charge in [0.05, 0.1) is 26.7 Å². The fraction of sp³-hybridized carbons (Fsp3) is 0.286. The Morgan fingerprint density at radius 2 is 1.57 bits per heavy atom. The number of carbonyl (C=O) groups excluding carboxylic acids is 3. The largest absolute Gasteiger partial charge is 0.497 e. The second-order valence-corrected chi connectivity index (χ2v) is 6.47. The molecule has 2 amide bonds. The van der Waals surface area contributed by atoms with Crippen LogP contribution >= 0.6 is 0 Å². The molecule has 0 saturated carbocycles. The monoisotopic (exact) mass is 382 g/mol. The fourth-order valence-corrected chi connectivity index (χ4v) is 3.09. The van der Waals surface area contributed by atoms with Gasteiger partial charge in [0.25, 0.3) is 0 Å². The van der Waals surface area contributed by atoms with Gasteiger partial charge in [0.2, 0.25) is 11.8 Å². The molecule has 146 valence electrons. The van der Waals surface area contributed by atoms with Crippen LogP contribution in [0.1, 0.15) is 16.8 Å². The summed E-state index contributed by atoms with van der Waals surface area (Å²) in [5.74, 6) is 0.244. The SMILES string of the molecule is COc1ccc(C(=O)CNC(=O)C2CC(=O)N(c3ccc(OC)cc3)C2)cc1. The summed E-state index contributed by atoms with van der Waals surface area (Å²) < 4.78 is 10.2. The molecule has 1 N–H and O–H groups in total. The predicted molar refractivity (Wildman–Crippen MR) is 104 cm³/mol. The molecular weight excluding hydrogens is 360 g/mol. The van der Waals surface area contributed by atoms with E-state index < -0.39 is 5.92 Å². The molecule has 0 bridgehead atoms. The first-order valence-corrected chi connectivity index (χ1v) is 8.91. The highest BCUT2D eigenvalue weighted by atomic mass is 16.5. The average molecular weight is 382 g/mol. The number of carbonyl (C=O) groups is 3. The normalized spacial score (nSPS) is 16.0. The van der Waals surface area contributed by atoms with Crippen molar-refractivity contribution in [2.75, 3.05) is 32.2 Å². The first-order chi connectivity index (χ1) is 13.5. The molecule has 1 aliphatic heterocycles. The summed E-state index contributed by atoms with van der Waals surface area (Å²) in [4.78, 5) is 38.5. The van der Waals surface area contributed by atoms with Gasteiger partial charge in [-0.15, -0.1) is 0 Å². The van der Waals surface area contributed by atoms with E-state index in [1.54, 1.807) is 67.7 Å². The number of Topliss-reactive ketones (excluding diaryl/α,β-unsaturated/α-hetero) is 1. The van der Waals surface area contributed by atoms with Crippen LogP contribution in [0.5, 0.6) is 11.5 Å². The molecule has 0 radical (unpaired) electrons. The molecular formula is C21H22N2O5. The molecule has 28 heavy (non-hydrogen) atoms. The first-order valence-electron chi connectivity index (χ1n) is 8.91. The summed E-state index contributed by atoms with van der Waals surface area (Å²) in [6, 6.07) is 13.8. The van der Waals surface area contributed by atoms with Gasteiger partial charge >= 0.3 is 0 Å². The highest BCUT2D eigenvalue weighted by Gasteiger charge is 2.35. The third-order valence-electron chi connectivity index (χ3n) is 4.72. The number of methoxy groups -OCH3 is 2. The minimum atomic E-state index is -0.488. The van der Waals surface area contributed by atoms with Crippen LogP contribution in [0.25, 0.3) is 0 Å². The predicted octanol–water partition coefficient (Wildman–Crippen LogP) is 2.06. The summed E-state index contributed by atoms with van der Waals surface area (Å²) in [5, 5.41) is 2.64. The summed E-state index contributed by atoms with van der Waals surface area (Å²) in [7, 11) is 3.12. The molecule has 2 aromatic rings. The summed E-state index contributed by atoms with van der Waals surface area (Å²) in [6.45, 7) is 0.173. The van der Waals surface area contributed by atoms with E-state index in [2.05, 4.69) is 5.32 Å². The van der Waals surface area contributed by atoms with Crippen LogP contribution < -0.4 is 19.7 Å². The lowest BCUT2D eigenvalue weighted by molar-refractivity contribution is -0.126. The Morgan fingerprint density at radius 3 is 2.14 bits per heavy atom. The Morgan fingerprint density at radius 1 is 1.00 bits per heavy atom. The van der Waals surface area contributed by atoms with E-state index in [1.165, 1.54) is 0 Å². The third kappa shape index (κ3) is 4.31. The van der Waals surface area contributed by atoms with Crippen LogP contribution in [0.4, 0.5) is 5.69 Å². The van der Waals surface area contributed by atoms with E-state index in [1.807, 2.05) is 0 Å². The molecule has 0 aliphatic carbocycles. The van der Waals surface area contributed by atoms with Crippen LogP contribution in [-0.2, 0) is 9.59 Å². The minimum absolute atomic E-state index is 0.113. The molecule has 7 heteroatoms. The van der Waals surface area contributed by atoms with Crippen molar-refractivity contribution in [2.24, 2.45) is 5.92 Å². The second kappa shape index (κ2) is 8.56. The zero-order chi connectivity index (χ0) is 20.1. The summed E-state index contributed by atoms with van der Waals surface area (Å²) >= 11 is 0. The van der Waals surface area contributed by atoms with Crippen molar-refractivity contribution in [1.29, 1.82) is 0 Å².